The van der Waals surface area contributed by atoms with E-state index < -0.39 is 5.91 Å². The van der Waals surface area contributed by atoms with E-state index in [0.29, 0.717) is 16.1 Å². The van der Waals surface area contributed by atoms with E-state index in [2.05, 4.69) is 15.5 Å². The van der Waals surface area contributed by atoms with Crippen LogP contribution in [0.15, 0.2) is 68.2 Å². The Bertz CT molecular complexity index is 1330. The van der Waals surface area contributed by atoms with Gasteiger partial charge in [0.25, 0.3) is 5.91 Å². The number of amides is 1. The Balaban J connectivity index is 1.42. The quantitative estimate of drug-likeness (QED) is 0.317. The Morgan fingerprint density at radius 2 is 1.97 bits per heavy atom. The van der Waals surface area contributed by atoms with Crippen molar-refractivity contribution >= 4 is 51.2 Å². The van der Waals surface area contributed by atoms with Crippen LogP contribution < -0.4 is 10.7 Å². The average molecular weight is 450 g/mol. The third-order valence-corrected chi connectivity index (χ3v) is 6.35. The minimum atomic E-state index is -0.532. The highest BCUT2D eigenvalue weighted by atomic mass is 32.2. The molecule has 0 radical (unpaired) electrons. The van der Waals surface area contributed by atoms with Gasteiger partial charge in [-0.3, -0.25) is 14.9 Å². The molecule has 2 aromatic carbocycles. The molecule has 6 nitrogen and oxygen atoms in total. The number of hydrogen-bond acceptors (Lipinski definition) is 7. The average Bonchev–Trinajstić information content (AvgIpc) is 3.19. The Morgan fingerprint density at radius 3 is 2.77 bits per heavy atom. The zero-order chi connectivity index (χ0) is 21.8. The number of nitrogens with zero attached hydrogens (tertiary/aromatic N) is 2. The van der Waals surface area contributed by atoms with Gasteiger partial charge in [-0.15, -0.1) is 10.2 Å². The SMILES string of the molecule is Cc1cc(C)c2oc(C(=O)Nc3nnc(SC/C=C/c4ccccc4)s3)cc(=O)c2c1. The van der Waals surface area contributed by atoms with E-state index in [4.69, 9.17) is 4.42 Å². The topological polar surface area (TPSA) is 85.1 Å². The standard InChI is InChI=1S/C23H19N3O3S2/c1-14-11-15(2)20-17(12-14)18(27)13-19(29-20)21(28)24-22-25-26-23(31-22)30-10-6-9-16-7-4-3-5-8-16/h3-9,11-13H,10H2,1-2H3,(H,24,25,28)/b9-6+. The monoisotopic (exact) mass is 449 g/mol. The molecular weight excluding hydrogens is 430 g/mol. The molecule has 4 rings (SSSR count). The second-order valence-electron chi connectivity index (χ2n) is 6.88. The number of hydrogen-bond donors (Lipinski definition) is 1. The van der Waals surface area contributed by atoms with Crippen LogP contribution >= 0.6 is 23.1 Å². The van der Waals surface area contributed by atoms with Crippen molar-refractivity contribution in [2.75, 3.05) is 11.1 Å². The van der Waals surface area contributed by atoms with Gasteiger partial charge >= 0.3 is 0 Å². The normalized spacial score (nSPS) is 11.3. The first-order valence-corrected chi connectivity index (χ1v) is 11.3. The molecule has 31 heavy (non-hydrogen) atoms. The number of thioether (sulfide) groups is 1. The van der Waals surface area contributed by atoms with Crippen LogP contribution in [0.1, 0.15) is 27.2 Å². The van der Waals surface area contributed by atoms with Gasteiger partial charge in [-0.2, -0.15) is 0 Å². The second kappa shape index (κ2) is 9.28. The van der Waals surface area contributed by atoms with Gasteiger partial charge in [0.2, 0.25) is 5.13 Å². The fourth-order valence-electron chi connectivity index (χ4n) is 3.07. The Hall–Kier alpha value is -3.23. The molecule has 0 unspecified atom stereocenters. The number of carbonyl (C=O) groups is 1. The number of anilines is 1. The lowest BCUT2D eigenvalue weighted by atomic mass is 10.1. The van der Waals surface area contributed by atoms with Crippen molar-refractivity contribution in [1.82, 2.24) is 10.2 Å². The molecule has 4 aromatic rings. The van der Waals surface area contributed by atoms with Gasteiger partial charge in [0.05, 0.1) is 5.39 Å². The van der Waals surface area contributed by atoms with Crippen molar-refractivity contribution in [1.29, 1.82) is 0 Å². The molecule has 1 amide bonds. The third kappa shape index (κ3) is 5.10. The first-order valence-electron chi connectivity index (χ1n) is 9.54. The molecule has 2 heterocycles. The summed E-state index contributed by atoms with van der Waals surface area (Å²) in [5, 5.41) is 11.6. The summed E-state index contributed by atoms with van der Waals surface area (Å²) in [5.74, 6) is 0.144. The molecule has 156 valence electrons. The molecule has 0 aliphatic carbocycles. The van der Waals surface area contributed by atoms with Crippen molar-refractivity contribution in [2.45, 2.75) is 18.2 Å². The second-order valence-corrected chi connectivity index (χ2v) is 9.13. The highest BCUT2D eigenvalue weighted by Gasteiger charge is 2.16. The van der Waals surface area contributed by atoms with Gasteiger partial charge in [0.15, 0.2) is 15.5 Å². The van der Waals surface area contributed by atoms with E-state index in [1.807, 2.05) is 62.4 Å². The van der Waals surface area contributed by atoms with Crippen molar-refractivity contribution < 1.29 is 9.21 Å². The van der Waals surface area contributed by atoms with E-state index in [0.717, 1.165) is 26.8 Å². The summed E-state index contributed by atoms with van der Waals surface area (Å²) in [7, 11) is 0. The maximum atomic E-state index is 12.6. The van der Waals surface area contributed by atoms with E-state index in [-0.39, 0.29) is 11.2 Å². The minimum absolute atomic E-state index is 0.0559. The van der Waals surface area contributed by atoms with Gasteiger partial charge < -0.3 is 4.42 Å². The Labute approximate surface area is 187 Å². The molecular formula is C23H19N3O3S2. The number of carbonyl (C=O) groups excluding carboxylic acids is 1. The summed E-state index contributed by atoms with van der Waals surface area (Å²) < 4.78 is 6.46. The van der Waals surface area contributed by atoms with E-state index in [1.54, 1.807) is 6.07 Å². The fourth-order valence-corrected chi connectivity index (χ4v) is 4.65. The number of fused-ring (bicyclic) bond motifs is 1. The van der Waals surface area contributed by atoms with Crippen LogP contribution in [-0.2, 0) is 0 Å². The summed E-state index contributed by atoms with van der Waals surface area (Å²) in [5.41, 5.74) is 3.07. The van der Waals surface area contributed by atoms with Gasteiger partial charge in [-0.25, -0.2) is 0 Å². The van der Waals surface area contributed by atoms with Crippen molar-refractivity contribution in [2.24, 2.45) is 0 Å². The highest BCUT2D eigenvalue weighted by molar-refractivity contribution is 8.01. The molecule has 0 aliphatic heterocycles. The van der Waals surface area contributed by atoms with Crippen LogP contribution in [0.5, 0.6) is 0 Å². The summed E-state index contributed by atoms with van der Waals surface area (Å²) >= 11 is 2.79. The first-order chi connectivity index (χ1) is 15.0. The van der Waals surface area contributed by atoms with Crippen LogP contribution in [0.25, 0.3) is 17.0 Å². The summed E-state index contributed by atoms with van der Waals surface area (Å²) in [6.07, 6.45) is 4.09. The first kappa shape index (κ1) is 21.0. The number of benzene rings is 2. The van der Waals surface area contributed by atoms with E-state index >= 15 is 0 Å². The summed E-state index contributed by atoms with van der Waals surface area (Å²) in [6, 6.07) is 14.9. The lowest BCUT2D eigenvalue weighted by Crippen LogP contribution is -2.15. The molecule has 0 saturated carbocycles. The van der Waals surface area contributed by atoms with Crippen LogP contribution in [0.4, 0.5) is 5.13 Å². The van der Waals surface area contributed by atoms with Gasteiger partial charge in [-0.1, -0.05) is 71.6 Å². The molecule has 0 atom stereocenters. The van der Waals surface area contributed by atoms with Crippen LogP contribution in [0.2, 0.25) is 0 Å². The molecule has 8 heteroatoms. The molecule has 0 spiro atoms. The van der Waals surface area contributed by atoms with E-state index in [9.17, 15) is 9.59 Å². The third-order valence-electron chi connectivity index (χ3n) is 4.42. The van der Waals surface area contributed by atoms with Gasteiger partial charge in [-0.05, 0) is 36.6 Å². The van der Waals surface area contributed by atoms with Crippen LogP contribution in [0, 0.1) is 13.8 Å². The molecule has 1 N–H and O–H groups in total. The smallest absolute Gasteiger partial charge is 0.293 e. The zero-order valence-corrected chi connectivity index (χ0v) is 18.5. The van der Waals surface area contributed by atoms with Crippen molar-refractivity contribution in [3.05, 3.63) is 87.3 Å². The largest absolute Gasteiger partial charge is 0.450 e. The lowest BCUT2D eigenvalue weighted by molar-refractivity contribution is 0.0997. The predicted molar refractivity (Wildman–Crippen MR) is 126 cm³/mol. The summed E-state index contributed by atoms with van der Waals surface area (Å²) in [6.45, 7) is 3.76. The zero-order valence-electron chi connectivity index (χ0n) is 16.9. The van der Waals surface area contributed by atoms with E-state index in [1.165, 1.54) is 29.2 Å². The minimum Gasteiger partial charge on any atom is -0.450 e. The predicted octanol–water partition coefficient (Wildman–Crippen LogP) is 5.32. The van der Waals surface area contributed by atoms with Crippen molar-refractivity contribution in [3.63, 3.8) is 0 Å². The van der Waals surface area contributed by atoms with Gasteiger partial charge in [0.1, 0.15) is 5.58 Å². The van der Waals surface area contributed by atoms with Crippen LogP contribution in [-0.4, -0.2) is 21.9 Å². The lowest BCUT2D eigenvalue weighted by Gasteiger charge is -2.06. The fraction of sp³-hybridized carbons (Fsp3) is 0.130. The Morgan fingerprint density at radius 1 is 1.16 bits per heavy atom. The summed E-state index contributed by atoms with van der Waals surface area (Å²) in [4.78, 5) is 25.0. The number of nitrogens with one attached hydrogen (secondary N) is 1. The maximum absolute atomic E-state index is 12.6. The molecule has 0 fully saturated rings. The molecule has 2 aromatic heterocycles. The molecule has 0 aliphatic rings. The maximum Gasteiger partial charge on any atom is 0.293 e. The Kier molecular flexibility index (Phi) is 6.29. The highest BCUT2D eigenvalue weighted by Crippen LogP contribution is 2.26. The van der Waals surface area contributed by atoms with Gasteiger partial charge in [0, 0.05) is 11.8 Å². The number of aryl methyl sites for hydroxylation is 2. The van der Waals surface area contributed by atoms with Crippen molar-refractivity contribution in [3.8, 4) is 0 Å². The molecule has 0 bridgehead atoms. The van der Waals surface area contributed by atoms with Crippen LogP contribution in [0.3, 0.4) is 0 Å². The number of aromatic nitrogens is 2. The number of rotatable bonds is 6. The molecule has 0 saturated heterocycles.